The van der Waals surface area contributed by atoms with Gasteiger partial charge in [-0.1, -0.05) is 44.2 Å². The number of hydrogen-bond acceptors (Lipinski definition) is 3. The molecule has 2 atom stereocenters. The lowest BCUT2D eigenvalue weighted by atomic mass is 10.0. The molecule has 1 fully saturated rings. The Hall–Kier alpha value is -1.39. The molecule has 0 radical (unpaired) electrons. The third-order valence-corrected chi connectivity index (χ3v) is 4.26. The fourth-order valence-electron chi connectivity index (χ4n) is 2.84. The highest BCUT2D eigenvalue weighted by Crippen LogP contribution is 2.12. The summed E-state index contributed by atoms with van der Waals surface area (Å²) >= 11 is 0. The monoisotopic (exact) mass is 318 g/mol. The molecule has 128 valence electrons. The zero-order chi connectivity index (χ0) is 16.7. The SMILES string of the molecule is CC(C)CC[C@@H](C)NC(=O)[C@@H]1CN(Cc2ccccc2)CCO1. The summed E-state index contributed by atoms with van der Waals surface area (Å²) in [7, 11) is 0. The Bertz CT molecular complexity index is 476. The highest BCUT2D eigenvalue weighted by molar-refractivity contribution is 5.81. The Labute approximate surface area is 140 Å². The van der Waals surface area contributed by atoms with Gasteiger partial charge >= 0.3 is 0 Å². The van der Waals surface area contributed by atoms with E-state index >= 15 is 0 Å². The van der Waals surface area contributed by atoms with Crippen molar-refractivity contribution in [3.8, 4) is 0 Å². The quantitative estimate of drug-likeness (QED) is 0.840. The number of rotatable bonds is 7. The van der Waals surface area contributed by atoms with Gasteiger partial charge in [0.25, 0.3) is 5.91 Å². The molecule has 4 nitrogen and oxygen atoms in total. The topological polar surface area (TPSA) is 41.6 Å². The van der Waals surface area contributed by atoms with Crippen LogP contribution in [0.3, 0.4) is 0 Å². The molecule has 1 aromatic carbocycles. The summed E-state index contributed by atoms with van der Waals surface area (Å²) in [6.45, 7) is 9.52. The number of carbonyl (C=O) groups is 1. The maximum Gasteiger partial charge on any atom is 0.250 e. The summed E-state index contributed by atoms with van der Waals surface area (Å²) < 4.78 is 5.68. The zero-order valence-electron chi connectivity index (χ0n) is 14.6. The molecule has 1 heterocycles. The van der Waals surface area contributed by atoms with Gasteiger partial charge in [-0.05, 0) is 31.2 Å². The van der Waals surface area contributed by atoms with Crippen LogP contribution in [0.15, 0.2) is 30.3 Å². The molecule has 1 amide bonds. The van der Waals surface area contributed by atoms with E-state index in [9.17, 15) is 4.79 Å². The number of nitrogens with one attached hydrogen (secondary N) is 1. The molecular weight excluding hydrogens is 288 g/mol. The second-order valence-corrected chi connectivity index (χ2v) is 6.96. The maximum absolute atomic E-state index is 12.4. The van der Waals surface area contributed by atoms with Crippen molar-refractivity contribution in [2.24, 2.45) is 5.92 Å². The smallest absolute Gasteiger partial charge is 0.250 e. The van der Waals surface area contributed by atoms with E-state index in [1.807, 2.05) is 6.07 Å². The Balaban J connectivity index is 1.79. The lowest BCUT2D eigenvalue weighted by Gasteiger charge is -2.32. The van der Waals surface area contributed by atoms with E-state index in [-0.39, 0.29) is 18.1 Å². The van der Waals surface area contributed by atoms with E-state index in [1.54, 1.807) is 0 Å². The first kappa shape index (κ1) is 18.0. The van der Waals surface area contributed by atoms with Crippen molar-refractivity contribution >= 4 is 5.91 Å². The average molecular weight is 318 g/mol. The third-order valence-electron chi connectivity index (χ3n) is 4.26. The van der Waals surface area contributed by atoms with Crippen molar-refractivity contribution in [3.05, 3.63) is 35.9 Å². The molecule has 1 aromatic rings. The Morgan fingerprint density at radius 3 is 2.70 bits per heavy atom. The number of ether oxygens (including phenoxy) is 1. The number of carbonyl (C=O) groups excluding carboxylic acids is 1. The molecule has 0 spiro atoms. The van der Waals surface area contributed by atoms with Crippen molar-refractivity contribution in [1.29, 1.82) is 0 Å². The van der Waals surface area contributed by atoms with Crippen molar-refractivity contribution in [1.82, 2.24) is 10.2 Å². The highest BCUT2D eigenvalue weighted by Gasteiger charge is 2.27. The minimum absolute atomic E-state index is 0.0269. The van der Waals surface area contributed by atoms with Crippen molar-refractivity contribution in [3.63, 3.8) is 0 Å². The summed E-state index contributed by atoms with van der Waals surface area (Å²) in [5, 5.41) is 3.10. The number of morpholine rings is 1. The summed E-state index contributed by atoms with van der Waals surface area (Å²) in [6.07, 6.45) is 1.80. The first-order valence-electron chi connectivity index (χ1n) is 8.73. The molecule has 1 N–H and O–H groups in total. The van der Waals surface area contributed by atoms with Crippen LogP contribution in [0, 0.1) is 5.92 Å². The number of nitrogens with zero attached hydrogens (tertiary/aromatic N) is 1. The molecule has 0 unspecified atom stereocenters. The van der Waals surface area contributed by atoms with Crippen LogP contribution in [0.1, 0.15) is 39.2 Å². The molecule has 1 aliphatic rings. The zero-order valence-corrected chi connectivity index (χ0v) is 14.6. The second-order valence-electron chi connectivity index (χ2n) is 6.96. The predicted molar refractivity (Wildman–Crippen MR) is 93.1 cm³/mol. The minimum atomic E-state index is -0.353. The Kier molecular flexibility index (Phi) is 7.06. The normalized spacial score (nSPS) is 20.4. The van der Waals surface area contributed by atoms with Gasteiger partial charge in [0.1, 0.15) is 6.10 Å². The molecule has 0 aromatic heterocycles. The molecule has 23 heavy (non-hydrogen) atoms. The fourth-order valence-corrected chi connectivity index (χ4v) is 2.84. The largest absolute Gasteiger partial charge is 0.366 e. The van der Waals surface area contributed by atoms with Gasteiger partial charge in [0, 0.05) is 25.7 Å². The van der Waals surface area contributed by atoms with Crippen LogP contribution in [0.2, 0.25) is 0 Å². The summed E-state index contributed by atoms with van der Waals surface area (Å²) in [5.41, 5.74) is 1.28. The molecule has 1 aliphatic heterocycles. The van der Waals surface area contributed by atoms with Gasteiger partial charge in [-0.3, -0.25) is 9.69 Å². The van der Waals surface area contributed by atoms with Crippen LogP contribution in [0.4, 0.5) is 0 Å². The van der Waals surface area contributed by atoms with Crippen LogP contribution in [-0.2, 0) is 16.1 Å². The lowest BCUT2D eigenvalue weighted by Crippen LogP contribution is -2.51. The van der Waals surface area contributed by atoms with Gasteiger partial charge in [-0.15, -0.1) is 0 Å². The Morgan fingerprint density at radius 1 is 1.26 bits per heavy atom. The number of hydrogen-bond donors (Lipinski definition) is 1. The molecule has 2 rings (SSSR count). The summed E-state index contributed by atoms with van der Waals surface area (Å²) in [4.78, 5) is 14.7. The molecule has 0 bridgehead atoms. The lowest BCUT2D eigenvalue weighted by molar-refractivity contribution is -0.139. The van der Waals surface area contributed by atoms with Gasteiger partial charge in [-0.25, -0.2) is 0 Å². The van der Waals surface area contributed by atoms with Gasteiger partial charge in [0.15, 0.2) is 0 Å². The summed E-state index contributed by atoms with van der Waals surface area (Å²) in [5.74, 6) is 0.695. The molecule has 1 saturated heterocycles. The minimum Gasteiger partial charge on any atom is -0.366 e. The average Bonchev–Trinajstić information content (AvgIpc) is 2.54. The van der Waals surface area contributed by atoms with Crippen LogP contribution >= 0.6 is 0 Å². The van der Waals surface area contributed by atoms with Gasteiger partial charge in [0.05, 0.1) is 6.61 Å². The molecular formula is C19H30N2O2. The first-order chi connectivity index (χ1) is 11.0. The molecule has 0 saturated carbocycles. The second kappa shape index (κ2) is 9.04. The van der Waals surface area contributed by atoms with Gasteiger partial charge in [-0.2, -0.15) is 0 Å². The Morgan fingerprint density at radius 2 is 2.00 bits per heavy atom. The summed E-state index contributed by atoms with van der Waals surface area (Å²) in [6, 6.07) is 10.6. The molecule has 0 aliphatic carbocycles. The predicted octanol–water partition coefficient (Wildman–Crippen LogP) is 2.83. The van der Waals surface area contributed by atoms with E-state index in [2.05, 4.69) is 55.3 Å². The highest BCUT2D eigenvalue weighted by atomic mass is 16.5. The van der Waals surface area contributed by atoms with E-state index < -0.39 is 0 Å². The van der Waals surface area contributed by atoms with Crippen molar-refractivity contribution < 1.29 is 9.53 Å². The fraction of sp³-hybridized carbons (Fsp3) is 0.632. The number of amides is 1. The van der Waals surface area contributed by atoms with Gasteiger partial charge < -0.3 is 10.1 Å². The standard InChI is InChI=1S/C19H30N2O2/c1-15(2)9-10-16(3)20-19(22)18-14-21(11-12-23-18)13-17-7-5-4-6-8-17/h4-8,15-16,18H,9-14H2,1-3H3,(H,20,22)/t16-,18+/m1/s1. The van der Waals surface area contributed by atoms with Crippen LogP contribution in [-0.4, -0.2) is 42.6 Å². The van der Waals surface area contributed by atoms with E-state index in [0.29, 0.717) is 19.1 Å². The van der Waals surface area contributed by atoms with E-state index in [4.69, 9.17) is 4.74 Å². The third kappa shape index (κ3) is 6.32. The maximum atomic E-state index is 12.4. The van der Waals surface area contributed by atoms with Crippen molar-refractivity contribution in [2.45, 2.75) is 52.3 Å². The van der Waals surface area contributed by atoms with E-state index in [1.165, 1.54) is 5.56 Å². The van der Waals surface area contributed by atoms with Crippen LogP contribution in [0.25, 0.3) is 0 Å². The van der Waals surface area contributed by atoms with Crippen LogP contribution < -0.4 is 5.32 Å². The molecule has 4 heteroatoms. The van der Waals surface area contributed by atoms with E-state index in [0.717, 1.165) is 25.9 Å². The van der Waals surface area contributed by atoms with Crippen LogP contribution in [0.5, 0.6) is 0 Å². The van der Waals surface area contributed by atoms with Gasteiger partial charge in [0.2, 0.25) is 0 Å². The van der Waals surface area contributed by atoms with Crippen molar-refractivity contribution in [2.75, 3.05) is 19.7 Å². The first-order valence-corrected chi connectivity index (χ1v) is 8.73. The number of benzene rings is 1.